The Morgan fingerprint density at radius 3 is 2.56 bits per heavy atom. The number of hydrogen-bond donors (Lipinski definition) is 1. The number of aromatic nitrogens is 3. The maximum Gasteiger partial charge on any atom is 0.227 e. The number of para-hydroxylation sites is 1. The van der Waals surface area contributed by atoms with E-state index in [9.17, 15) is 9.59 Å². The number of anilines is 1. The first-order valence-electron chi connectivity index (χ1n) is 13.7. The van der Waals surface area contributed by atoms with Crippen LogP contribution in [0.1, 0.15) is 52.0 Å². The van der Waals surface area contributed by atoms with Crippen LogP contribution in [0.5, 0.6) is 0 Å². The molecule has 9 heteroatoms. The van der Waals surface area contributed by atoms with Gasteiger partial charge in [-0.1, -0.05) is 47.7 Å². The Morgan fingerprint density at radius 2 is 1.79 bits per heavy atom. The van der Waals surface area contributed by atoms with E-state index in [1.807, 2.05) is 67.9 Å². The van der Waals surface area contributed by atoms with Gasteiger partial charge in [0.2, 0.25) is 11.8 Å². The molecule has 0 radical (unpaired) electrons. The highest BCUT2D eigenvalue weighted by Crippen LogP contribution is 2.41. The lowest BCUT2D eigenvalue weighted by Gasteiger charge is -2.28. The molecule has 1 aliphatic rings. The summed E-state index contributed by atoms with van der Waals surface area (Å²) in [6, 6.07) is 15.8. The van der Waals surface area contributed by atoms with Gasteiger partial charge in [0.05, 0.1) is 23.5 Å². The average Bonchev–Trinajstić information content (AvgIpc) is 3.32. The Hall–Kier alpha value is -3.56. The Morgan fingerprint density at radius 1 is 1.05 bits per heavy atom. The second-order valence-electron chi connectivity index (χ2n) is 10.3. The number of hydrogen-bond acceptors (Lipinski definition) is 6. The summed E-state index contributed by atoms with van der Waals surface area (Å²) in [6.45, 7) is 8.79. The van der Waals surface area contributed by atoms with Crippen molar-refractivity contribution in [2.75, 3.05) is 31.8 Å². The molecule has 2 amide bonds. The fraction of sp³-hybridized carbons (Fsp3) is 0.467. The topological polar surface area (TPSA) is 98.6 Å². The van der Waals surface area contributed by atoms with E-state index in [-0.39, 0.29) is 30.3 Å². The first-order chi connectivity index (χ1) is 18.8. The van der Waals surface area contributed by atoms with Gasteiger partial charge in [0, 0.05) is 57.4 Å². The van der Waals surface area contributed by atoms with E-state index < -0.39 is 0 Å². The normalized spacial score (nSPS) is 12.7. The van der Waals surface area contributed by atoms with E-state index >= 15 is 0 Å². The van der Waals surface area contributed by atoms with Gasteiger partial charge in [-0.3, -0.25) is 9.59 Å². The third-order valence-corrected chi connectivity index (χ3v) is 6.96. The fourth-order valence-electron chi connectivity index (χ4n) is 4.96. The first kappa shape index (κ1) is 28.4. The summed E-state index contributed by atoms with van der Waals surface area (Å²) in [5, 5.41) is 12.0. The third-order valence-electron chi connectivity index (χ3n) is 6.96. The number of carbonyl (C=O) groups excluding carboxylic acids is 2. The molecule has 2 heterocycles. The maximum absolute atomic E-state index is 13.6. The highest BCUT2D eigenvalue weighted by atomic mass is 16.5. The Kier molecular flexibility index (Phi) is 9.48. The molecule has 0 saturated heterocycles. The van der Waals surface area contributed by atoms with Crippen molar-refractivity contribution < 1.29 is 19.1 Å². The van der Waals surface area contributed by atoms with Crippen LogP contribution in [0.3, 0.4) is 0 Å². The summed E-state index contributed by atoms with van der Waals surface area (Å²) < 4.78 is 12.9. The van der Waals surface area contributed by atoms with Crippen molar-refractivity contribution in [1.82, 2.24) is 20.3 Å². The standard InChI is InChI=1S/C30H39N5O4/c1-5-39-30(2,3)17-18-31-26(36)15-16-27(37)34-21-22-11-6-7-12-23(22)29-28(24-13-8-9-14-25(24)34)32-33-35(29)19-10-20-38-4/h6-9,11-14H,5,10,15-21H2,1-4H3,(H,31,36). The van der Waals surface area contributed by atoms with Crippen LogP contribution in [0.4, 0.5) is 5.69 Å². The largest absolute Gasteiger partial charge is 0.385 e. The number of rotatable bonds is 12. The van der Waals surface area contributed by atoms with Crippen molar-refractivity contribution in [3.8, 4) is 22.5 Å². The number of ether oxygens (including phenoxy) is 2. The molecule has 3 aromatic rings. The minimum Gasteiger partial charge on any atom is -0.385 e. The highest BCUT2D eigenvalue weighted by molar-refractivity contribution is 6.01. The maximum atomic E-state index is 13.6. The lowest BCUT2D eigenvalue weighted by atomic mass is 9.95. The number of carbonyl (C=O) groups is 2. The number of nitrogens with zero attached hydrogens (tertiary/aromatic N) is 4. The number of aryl methyl sites for hydroxylation is 1. The van der Waals surface area contributed by atoms with E-state index in [2.05, 4.69) is 21.7 Å². The van der Waals surface area contributed by atoms with Crippen LogP contribution in [0.25, 0.3) is 22.5 Å². The molecule has 0 saturated carbocycles. The highest BCUT2D eigenvalue weighted by Gasteiger charge is 2.29. The minimum absolute atomic E-state index is 0.105. The molecule has 0 atom stereocenters. The molecule has 0 fully saturated rings. The number of amides is 2. The van der Waals surface area contributed by atoms with Crippen LogP contribution < -0.4 is 10.2 Å². The van der Waals surface area contributed by atoms with Crippen LogP contribution in [0.2, 0.25) is 0 Å². The van der Waals surface area contributed by atoms with Gasteiger partial charge in [-0.2, -0.15) is 0 Å². The smallest absolute Gasteiger partial charge is 0.227 e. The summed E-state index contributed by atoms with van der Waals surface area (Å²) in [6.07, 6.45) is 1.74. The fourth-order valence-corrected chi connectivity index (χ4v) is 4.96. The van der Waals surface area contributed by atoms with Gasteiger partial charge in [0.25, 0.3) is 0 Å². The molecular formula is C30H39N5O4. The second-order valence-corrected chi connectivity index (χ2v) is 10.3. The van der Waals surface area contributed by atoms with Crippen LogP contribution in [-0.4, -0.2) is 59.3 Å². The van der Waals surface area contributed by atoms with Crippen molar-refractivity contribution in [3.05, 3.63) is 54.1 Å². The zero-order valence-corrected chi connectivity index (χ0v) is 23.4. The van der Waals surface area contributed by atoms with Crippen molar-refractivity contribution in [3.63, 3.8) is 0 Å². The summed E-state index contributed by atoms with van der Waals surface area (Å²) in [5.74, 6) is -0.254. The molecule has 1 N–H and O–H groups in total. The van der Waals surface area contributed by atoms with Gasteiger partial charge in [0.15, 0.2) is 0 Å². The zero-order chi connectivity index (χ0) is 27.8. The van der Waals surface area contributed by atoms with E-state index in [1.165, 1.54) is 0 Å². The van der Waals surface area contributed by atoms with Crippen molar-refractivity contribution >= 4 is 17.5 Å². The molecular weight excluding hydrogens is 494 g/mol. The van der Waals surface area contributed by atoms with E-state index in [0.29, 0.717) is 39.3 Å². The van der Waals surface area contributed by atoms with Gasteiger partial charge in [0.1, 0.15) is 5.69 Å². The van der Waals surface area contributed by atoms with Crippen LogP contribution in [-0.2, 0) is 32.2 Å². The molecule has 39 heavy (non-hydrogen) atoms. The Labute approximate surface area is 230 Å². The minimum atomic E-state index is -0.302. The average molecular weight is 534 g/mol. The first-order valence-corrected chi connectivity index (χ1v) is 13.7. The van der Waals surface area contributed by atoms with Crippen molar-refractivity contribution in [2.24, 2.45) is 0 Å². The van der Waals surface area contributed by atoms with Gasteiger partial charge in [-0.25, -0.2) is 4.68 Å². The van der Waals surface area contributed by atoms with Crippen LogP contribution in [0.15, 0.2) is 48.5 Å². The zero-order valence-electron chi connectivity index (χ0n) is 23.4. The van der Waals surface area contributed by atoms with Crippen molar-refractivity contribution in [2.45, 2.75) is 65.1 Å². The number of benzene rings is 2. The van der Waals surface area contributed by atoms with Crippen LogP contribution in [0, 0.1) is 0 Å². The predicted molar refractivity (Wildman–Crippen MR) is 151 cm³/mol. The second kappa shape index (κ2) is 13.0. The molecule has 208 valence electrons. The van der Waals surface area contributed by atoms with E-state index in [1.54, 1.807) is 12.0 Å². The lowest BCUT2D eigenvalue weighted by molar-refractivity contribution is -0.125. The number of fused-ring (bicyclic) bond motifs is 5. The molecule has 1 aromatic heterocycles. The molecule has 0 spiro atoms. The summed E-state index contributed by atoms with van der Waals surface area (Å²) in [5.41, 5.74) is 4.98. The Balaban J connectivity index is 1.56. The van der Waals surface area contributed by atoms with E-state index in [0.717, 1.165) is 40.2 Å². The molecule has 2 aromatic carbocycles. The Bertz CT molecular complexity index is 1290. The molecule has 9 nitrogen and oxygen atoms in total. The van der Waals surface area contributed by atoms with Crippen molar-refractivity contribution in [1.29, 1.82) is 0 Å². The van der Waals surface area contributed by atoms with Crippen LogP contribution >= 0.6 is 0 Å². The number of methoxy groups -OCH3 is 1. The lowest BCUT2D eigenvalue weighted by Crippen LogP contribution is -2.35. The summed E-state index contributed by atoms with van der Waals surface area (Å²) in [7, 11) is 1.69. The van der Waals surface area contributed by atoms with Gasteiger partial charge in [-0.15, -0.1) is 5.10 Å². The van der Waals surface area contributed by atoms with Gasteiger partial charge < -0.3 is 19.7 Å². The molecule has 0 unspecified atom stereocenters. The molecule has 4 rings (SSSR count). The predicted octanol–water partition coefficient (Wildman–Crippen LogP) is 4.60. The molecule has 0 aliphatic carbocycles. The summed E-state index contributed by atoms with van der Waals surface area (Å²) >= 11 is 0. The molecule has 0 bridgehead atoms. The van der Waals surface area contributed by atoms with E-state index in [4.69, 9.17) is 9.47 Å². The monoisotopic (exact) mass is 533 g/mol. The summed E-state index contributed by atoms with van der Waals surface area (Å²) in [4.78, 5) is 28.0. The quantitative estimate of drug-likeness (QED) is 0.342. The SMILES string of the molecule is CCOC(C)(C)CCNC(=O)CCC(=O)N1Cc2ccccc2-c2c(nnn2CCCOC)-c2ccccc21. The third kappa shape index (κ3) is 6.91. The molecule has 1 aliphatic heterocycles. The number of nitrogens with one attached hydrogen (secondary N) is 1. The van der Waals surface area contributed by atoms with Gasteiger partial charge in [-0.05, 0) is 45.2 Å². The van der Waals surface area contributed by atoms with Gasteiger partial charge >= 0.3 is 0 Å².